The molecule has 1 heterocycles. The van der Waals surface area contributed by atoms with Crippen molar-refractivity contribution in [1.82, 2.24) is 20.2 Å². The van der Waals surface area contributed by atoms with E-state index in [-0.39, 0.29) is 5.91 Å². The van der Waals surface area contributed by atoms with Gasteiger partial charge in [0.1, 0.15) is 0 Å². The first-order valence-corrected chi connectivity index (χ1v) is 5.44. The molecular formula is C8H14N4OS. The third-order valence-corrected chi connectivity index (χ3v) is 2.11. The third kappa shape index (κ3) is 3.80. The van der Waals surface area contributed by atoms with Crippen LogP contribution >= 0.6 is 11.5 Å². The van der Waals surface area contributed by atoms with Crippen LogP contribution in [0.5, 0.6) is 0 Å². The van der Waals surface area contributed by atoms with Crippen molar-refractivity contribution in [2.75, 3.05) is 19.6 Å². The van der Waals surface area contributed by atoms with Crippen molar-refractivity contribution in [3.63, 3.8) is 0 Å². The van der Waals surface area contributed by atoms with Crippen LogP contribution in [-0.4, -0.2) is 35.1 Å². The molecule has 0 aromatic carbocycles. The maximum Gasteiger partial charge on any atom is 0.272 e. The van der Waals surface area contributed by atoms with Gasteiger partial charge in [0.25, 0.3) is 5.91 Å². The fraction of sp³-hybridized carbons (Fsp3) is 0.625. The molecular weight excluding hydrogens is 200 g/mol. The Morgan fingerprint density at radius 3 is 3.00 bits per heavy atom. The molecule has 1 amide bonds. The van der Waals surface area contributed by atoms with Gasteiger partial charge in [-0.1, -0.05) is 11.4 Å². The molecule has 0 saturated heterocycles. The Balaban J connectivity index is 2.10. The lowest BCUT2D eigenvalue weighted by Gasteiger charge is -2.03. The first-order chi connectivity index (χ1) is 6.84. The van der Waals surface area contributed by atoms with E-state index in [2.05, 4.69) is 27.1 Å². The molecule has 0 saturated carbocycles. The number of carbonyl (C=O) groups excluding carboxylic acids is 1. The number of rotatable bonds is 6. The molecule has 0 spiro atoms. The van der Waals surface area contributed by atoms with Crippen LogP contribution in [0, 0.1) is 0 Å². The van der Waals surface area contributed by atoms with Gasteiger partial charge in [-0.15, -0.1) is 5.10 Å². The van der Waals surface area contributed by atoms with E-state index >= 15 is 0 Å². The summed E-state index contributed by atoms with van der Waals surface area (Å²) in [7, 11) is 0. The standard InChI is InChI=1S/C8H14N4OS/c1-2-3-9-4-5-10-8(13)7-6-14-12-11-7/h6,9H,2-5H2,1H3,(H,10,13). The fourth-order valence-electron chi connectivity index (χ4n) is 0.920. The Labute approximate surface area is 87.1 Å². The van der Waals surface area contributed by atoms with Gasteiger partial charge in [0.15, 0.2) is 5.69 Å². The molecule has 0 unspecified atom stereocenters. The molecule has 0 fully saturated rings. The van der Waals surface area contributed by atoms with Crippen molar-refractivity contribution in [1.29, 1.82) is 0 Å². The zero-order valence-electron chi connectivity index (χ0n) is 8.12. The fourth-order valence-corrected chi connectivity index (χ4v) is 1.36. The van der Waals surface area contributed by atoms with Gasteiger partial charge in [-0.2, -0.15) is 0 Å². The van der Waals surface area contributed by atoms with Gasteiger partial charge in [0, 0.05) is 18.5 Å². The Morgan fingerprint density at radius 1 is 1.50 bits per heavy atom. The average Bonchev–Trinajstić information content (AvgIpc) is 2.70. The number of nitrogens with one attached hydrogen (secondary N) is 2. The van der Waals surface area contributed by atoms with E-state index < -0.39 is 0 Å². The smallest absolute Gasteiger partial charge is 0.272 e. The van der Waals surface area contributed by atoms with E-state index in [9.17, 15) is 4.79 Å². The van der Waals surface area contributed by atoms with E-state index in [1.165, 1.54) is 11.5 Å². The largest absolute Gasteiger partial charge is 0.349 e. The highest BCUT2D eigenvalue weighted by atomic mass is 32.1. The molecule has 0 atom stereocenters. The quantitative estimate of drug-likeness (QED) is 0.667. The van der Waals surface area contributed by atoms with Crippen molar-refractivity contribution in [3.8, 4) is 0 Å². The molecule has 1 rings (SSSR count). The molecule has 78 valence electrons. The zero-order valence-corrected chi connectivity index (χ0v) is 8.93. The second-order valence-corrected chi connectivity index (χ2v) is 3.41. The maximum atomic E-state index is 11.3. The minimum absolute atomic E-state index is 0.156. The summed E-state index contributed by atoms with van der Waals surface area (Å²) in [6, 6.07) is 0. The van der Waals surface area contributed by atoms with Crippen molar-refractivity contribution in [2.45, 2.75) is 13.3 Å². The lowest BCUT2D eigenvalue weighted by atomic mass is 10.4. The number of carbonyl (C=O) groups is 1. The molecule has 0 aliphatic heterocycles. The van der Waals surface area contributed by atoms with Crippen LogP contribution in [0.1, 0.15) is 23.8 Å². The minimum Gasteiger partial charge on any atom is -0.349 e. The molecule has 0 aliphatic carbocycles. The van der Waals surface area contributed by atoms with Crippen molar-refractivity contribution < 1.29 is 4.79 Å². The summed E-state index contributed by atoms with van der Waals surface area (Å²) in [6.07, 6.45) is 1.10. The Bertz CT molecular complexity index is 262. The second-order valence-electron chi connectivity index (χ2n) is 2.80. The summed E-state index contributed by atoms with van der Waals surface area (Å²) < 4.78 is 3.62. The normalized spacial score (nSPS) is 10.1. The van der Waals surface area contributed by atoms with Gasteiger partial charge >= 0.3 is 0 Å². The minimum atomic E-state index is -0.156. The van der Waals surface area contributed by atoms with Gasteiger partial charge in [0.2, 0.25) is 0 Å². The first kappa shape index (κ1) is 11.1. The van der Waals surface area contributed by atoms with Gasteiger partial charge in [0.05, 0.1) is 0 Å². The molecule has 5 nitrogen and oxygen atoms in total. The highest BCUT2D eigenvalue weighted by Crippen LogP contribution is 1.95. The Hall–Kier alpha value is -1.01. The lowest BCUT2D eigenvalue weighted by Crippen LogP contribution is -2.32. The van der Waals surface area contributed by atoms with Crippen LogP contribution in [0.2, 0.25) is 0 Å². The predicted octanol–water partition coefficient (Wildman–Crippen LogP) is 0.267. The summed E-state index contributed by atoms with van der Waals surface area (Å²) in [5.74, 6) is -0.156. The first-order valence-electron chi connectivity index (χ1n) is 4.60. The summed E-state index contributed by atoms with van der Waals surface area (Å²) in [4.78, 5) is 11.3. The van der Waals surface area contributed by atoms with Crippen LogP contribution < -0.4 is 10.6 Å². The average molecular weight is 214 g/mol. The van der Waals surface area contributed by atoms with E-state index in [0.717, 1.165) is 19.5 Å². The summed E-state index contributed by atoms with van der Waals surface area (Å²) in [6.45, 7) is 4.49. The second kappa shape index (κ2) is 6.44. The van der Waals surface area contributed by atoms with Crippen LogP contribution in [-0.2, 0) is 0 Å². The third-order valence-electron chi connectivity index (χ3n) is 1.61. The number of hydrogen-bond acceptors (Lipinski definition) is 5. The molecule has 0 aliphatic rings. The highest BCUT2D eigenvalue weighted by Gasteiger charge is 2.06. The maximum absolute atomic E-state index is 11.3. The van der Waals surface area contributed by atoms with E-state index in [0.29, 0.717) is 12.2 Å². The number of aromatic nitrogens is 2. The molecule has 1 aromatic heterocycles. The number of nitrogens with zero attached hydrogens (tertiary/aromatic N) is 2. The summed E-state index contributed by atoms with van der Waals surface area (Å²) in [5, 5.41) is 11.2. The topological polar surface area (TPSA) is 66.9 Å². The highest BCUT2D eigenvalue weighted by molar-refractivity contribution is 7.03. The van der Waals surface area contributed by atoms with Gasteiger partial charge < -0.3 is 10.6 Å². The zero-order chi connectivity index (χ0) is 10.2. The molecule has 14 heavy (non-hydrogen) atoms. The van der Waals surface area contributed by atoms with Crippen molar-refractivity contribution >= 4 is 17.4 Å². The summed E-state index contributed by atoms with van der Waals surface area (Å²) in [5.41, 5.74) is 0.394. The van der Waals surface area contributed by atoms with Crippen LogP contribution in [0.4, 0.5) is 0 Å². The van der Waals surface area contributed by atoms with Crippen LogP contribution in [0.25, 0.3) is 0 Å². The molecule has 2 N–H and O–H groups in total. The Morgan fingerprint density at radius 2 is 2.36 bits per heavy atom. The van der Waals surface area contributed by atoms with Gasteiger partial charge in [-0.25, -0.2) is 0 Å². The Kier molecular flexibility index (Phi) is 5.09. The molecule has 6 heteroatoms. The van der Waals surface area contributed by atoms with E-state index in [1.807, 2.05) is 0 Å². The number of hydrogen-bond donors (Lipinski definition) is 2. The SMILES string of the molecule is CCCNCCNC(=O)c1csnn1. The van der Waals surface area contributed by atoms with Crippen molar-refractivity contribution in [2.24, 2.45) is 0 Å². The summed E-state index contributed by atoms with van der Waals surface area (Å²) >= 11 is 1.18. The predicted molar refractivity (Wildman–Crippen MR) is 55.4 cm³/mol. The molecule has 0 radical (unpaired) electrons. The van der Waals surface area contributed by atoms with E-state index in [4.69, 9.17) is 0 Å². The van der Waals surface area contributed by atoms with Crippen LogP contribution in [0.3, 0.4) is 0 Å². The monoisotopic (exact) mass is 214 g/mol. The van der Waals surface area contributed by atoms with Crippen molar-refractivity contribution in [3.05, 3.63) is 11.1 Å². The van der Waals surface area contributed by atoms with Crippen LogP contribution in [0.15, 0.2) is 5.38 Å². The van der Waals surface area contributed by atoms with Gasteiger partial charge in [-0.3, -0.25) is 4.79 Å². The van der Waals surface area contributed by atoms with E-state index in [1.54, 1.807) is 5.38 Å². The number of amides is 1. The molecule has 0 bridgehead atoms. The lowest BCUT2D eigenvalue weighted by molar-refractivity contribution is 0.0949. The molecule has 1 aromatic rings. The van der Waals surface area contributed by atoms with Gasteiger partial charge in [-0.05, 0) is 24.5 Å².